The highest BCUT2D eigenvalue weighted by Gasteiger charge is 2.60. The minimum atomic E-state index is 0.269. The monoisotopic (exact) mass is 433 g/mol. The molecule has 180 valence electrons. The van der Waals surface area contributed by atoms with Gasteiger partial charge < -0.3 is 10.4 Å². The number of nitrogens with one attached hydrogen (secondary N) is 1. The average Bonchev–Trinajstić information content (AvgIpc) is 3.14. The van der Waals surface area contributed by atoms with Gasteiger partial charge in [0.15, 0.2) is 0 Å². The van der Waals surface area contributed by atoms with Gasteiger partial charge in [0.1, 0.15) is 0 Å². The Labute approximate surface area is 192 Å². The van der Waals surface area contributed by atoms with Gasteiger partial charge in [0.2, 0.25) is 5.91 Å². The molecule has 1 amide bonds. The fourth-order valence-electron chi connectivity index (χ4n) is 9.18. The number of hydrogen-bond donors (Lipinski definition) is 2. The molecule has 3 heteroatoms. The van der Waals surface area contributed by atoms with Crippen LogP contribution in [-0.4, -0.2) is 24.7 Å². The highest BCUT2D eigenvalue weighted by atomic mass is 16.2. The molecule has 3 nitrogen and oxygen atoms in total. The molecule has 0 spiro atoms. The molecule has 0 heterocycles. The molecule has 0 aliphatic heterocycles. The van der Waals surface area contributed by atoms with E-state index in [1.54, 1.807) is 0 Å². The zero-order valence-corrected chi connectivity index (χ0v) is 21.2. The Morgan fingerprint density at radius 3 is 2.45 bits per heavy atom. The standard InChI is InChI=1S/C27H47NO.CH4O/c1-5-18-28-25(29)14-9-19(2)22-12-13-23-21-11-10-20-8-6-7-16-26(20,3)24(21)15-17-27(22,23)4;1-2/h19-24H,5-18H2,1-4H3,(H,28,29);2H,1H3/t19?,20?,21-,22?,23?,24?,26-,27+;/m0./s1. The van der Waals surface area contributed by atoms with Crippen LogP contribution in [0.1, 0.15) is 111 Å². The van der Waals surface area contributed by atoms with Gasteiger partial charge in [0.25, 0.3) is 0 Å². The minimum absolute atomic E-state index is 0.269. The van der Waals surface area contributed by atoms with E-state index in [9.17, 15) is 4.79 Å². The summed E-state index contributed by atoms with van der Waals surface area (Å²) in [6, 6.07) is 0. The van der Waals surface area contributed by atoms with Gasteiger partial charge in [-0.15, -0.1) is 0 Å². The van der Waals surface area contributed by atoms with Crippen molar-refractivity contribution in [3.8, 4) is 0 Å². The van der Waals surface area contributed by atoms with Crippen molar-refractivity contribution >= 4 is 5.91 Å². The summed E-state index contributed by atoms with van der Waals surface area (Å²) < 4.78 is 0. The van der Waals surface area contributed by atoms with Crippen molar-refractivity contribution in [3.05, 3.63) is 0 Å². The number of carbonyl (C=O) groups is 1. The first-order valence-corrected chi connectivity index (χ1v) is 13.6. The van der Waals surface area contributed by atoms with Crippen molar-refractivity contribution in [2.75, 3.05) is 13.7 Å². The summed E-state index contributed by atoms with van der Waals surface area (Å²) in [4.78, 5) is 12.1. The molecule has 0 aromatic heterocycles. The van der Waals surface area contributed by atoms with Crippen LogP contribution < -0.4 is 5.32 Å². The summed E-state index contributed by atoms with van der Waals surface area (Å²) >= 11 is 0. The molecule has 5 unspecified atom stereocenters. The van der Waals surface area contributed by atoms with Crippen molar-refractivity contribution in [3.63, 3.8) is 0 Å². The van der Waals surface area contributed by atoms with E-state index in [2.05, 4.69) is 33.0 Å². The molecule has 4 saturated carbocycles. The molecule has 31 heavy (non-hydrogen) atoms. The van der Waals surface area contributed by atoms with Crippen molar-refractivity contribution in [1.82, 2.24) is 5.32 Å². The molecule has 0 aromatic rings. The first-order valence-electron chi connectivity index (χ1n) is 13.6. The van der Waals surface area contributed by atoms with Gasteiger partial charge >= 0.3 is 0 Å². The van der Waals surface area contributed by atoms with Crippen LogP contribution in [0.3, 0.4) is 0 Å². The fourth-order valence-corrected chi connectivity index (χ4v) is 9.18. The van der Waals surface area contributed by atoms with Crippen molar-refractivity contribution in [1.29, 1.82) is 0 Å². The van der Waals surface area contributed by atoms with Gasteiger partial charge in [-0.25, -0.2) is 0 Å². The summed E-state index contributed by atoms with van der Waals surface area (Å²) in [5, 5.41) is 10.1. The topological polar surface area (TPSA) is 49.3 Å². The van der Waals surface area contributed by atoms with E-state index in [-0.39, 0.29) is 5.91 Å². The van der Waals surface area contributed by atoms with Gasteiger partial charge in [-0.05, 0) is 111 Å². The lowest BCUT2D eigenvalue weighted by Crippen LogP contribution is -2.53. The maximum Gasteiger partial charge on any atom is 0.220 e. The average molecular weight is 434 g/mol. The zero-order valence-electron chi connectivity index (χ0n) is 21.2. The molecule has 0 aromatic carbocycles. The molecule has 4 aliphatic carbocycles. The highest BCUT2D eigenvalue weighted by Crippen LogP contribution is 2.68. The van der Waals surface area contributed by atoms with Crippen LogP contribution in [0.5, 0.6) is 0 Å². The molecule has 4 fully saturated rings. The maximum atomic E-state index is 12.1. The predicted molar refractivity (Wildman–Crippen MR) is 130 cm³/mol. The number of aliphatic hydroxyl groups excluding tert-OH is 1. The number of carbonyl (C=O) groups excluding carboxylic acids is 1. The fraction of sp³-hybridized carbons (Fsp3) is 0.964. The number of hydrogen-bond acceptors (Lipinski definition) is 2. The lowest BCUT2D eigenvalue weighted by Gasteiger charge is -2.61. The Hall–Kier alpha value is -0.570. The van der Waals surface area contributed by atoms with Crippen molar-refractivity contribution in [2.24, 2.45) is 46.3 Å². The van der Waals surface area contributed by atoms with Crippen LogP contribution in [0, 0.1) is 46.3 Å². The van der Waals surface area contributed by atoms with Crippen LogP contribution >= 0.6 is 0 Å². The van der Waals surface area contributed by atoms with Gasteiger partial charge in [-0.3, -0.25) is 4.79 Å². The smallest absolute Gasteiger partial charge is 0.220 e. The summed E-state index contributed by atoms with van der Waals surface area (Å²) in [6.45, 7) is 10.8. The summed E-state index contributed by atoms with van der Waals surface area (Å²) in [5.41, 5.74) is 1.20. The molecule has 0 bridgehead atoms. The molecule has 2 N–H and O–H groups in total. The highest BCUT2D eigenvalue weighted by molar-refractivity contribution is 5.75. The van der Waals surface area contributed by atoms with Gasteiger partial charge in [0, 0.05) is 20.1 Å². The van der Waals surface area contributed by atoms with E-state index in [4.69, 9.17) is 5.11 Å². The van der Waals surface area contributed by atoms with E-state index in [0.717, 1.165) is 62.5 Å². The van der Waals surface area contributed by atoms with Crippen LogP contribution in [0.4, 0.5) is 0 Å². The number of amides is 1. The Bertz CT molecular complexity index is 592. The molecular weight excluding hydrogens is 382 g/mol. The molecule has 8 atom stereocenters. The normalized spacial score (nSPS) is 42.3. The summed E-state index contributed by atoms with van der Waals surface area (Å²) in [7, 11) is 1.00. The second-order valence-electron chi connectivity index (χ2n) is 12.0. The third kappa shape index (κ3) is 4.73. The summed E-state index contributed by atoms with van der Waals surface area (Å²) in [6.07, 6.45) is 17.7. The van der Waals surface area contributed by atoms with E-state index in [1.807, 2.05) is 0 Å². The first-order chi connectivity index (χ1) is 14.9. The molecule has 0 saturated heterocycles. The lowest BCUT2D eigenvalue weighted by atomic mass is 9.44. The van der Waals surface area contributed by atoms with Crippen LogP contribution in [0.15, 0.2) is 0 Å². The van der Waals surface area contributed by atoms with Crippen molar-refractivity contribution < 1.29 is 9.90 Å². The molecule has 4 aliphatic rings. The Morgan fingerprint density at radius 2 is 1.71 bits per heavy atom. The molecule has 4 rings (SSSR count). The second-order valence-corrected chi connectivity index (χ2v) is 12.0. The second kappa shape index (κ2) is 10.6. The van der Waals surface area contributed by atoms with Crippen LogP contribution in [0.2, 0.25) is 0 Å². The number of fused-ring (bicyclic) bond motifs is 5. The Kier molecular flexibility index (Phi) is 8.55. The van der Waals surface area contributed by atoms with Gasteiger partial charge in [0.05, 0.1) is 0 Å². The van der Waals surface area contributed by atoms with Crippen molar-refractivity contribution in [2.45, 2.75) is 111 Å². The Morgan fingerprint density at radius 1 is 0.968 bits per heavy atom. The Balaban J connectivity index is 0.00000132. The first kappa shape index (κ1) is 25.1. The third-order valence-electron chi connectivity index (χ3n) is 10.7. The number of rotatable bonds is 6. The molecular formula is C28H51NO2. The minimum Gasteiger partial charge on any atom is -0.400 e. The van der Waals surface area contributed by atoms with E-state index in [1.165, 1.54) is 64.2 Å². The largest absolute Gasteiger partial charge is 0.400 e. The van der Waals surface area contributed by atoms with Gasteiger partial charge in [-0.1, -0.05) is 40.5 Å². The maximum absolute atomic E-state index is 12.1. The SMILES string of the molecule is CCCNC(=O)CCC(C)C1CCC2[C@@H]3CCC4CCCC[C@]4(C)C3CC[C@]12C.CO. The van der Waals surface area contributed by atoms with E-state index >= 15 is 0 Å². The number of aliphatic hydroxyl groups is 1. The van der Waals surface area contributed by atoms with Crippen LogP contribution in [-0.2, 0) is 4.79 Å². The van der Waals surface area contributed by atoms with E-state index < -0.39 is 0 Å². The van der Waals surface area contributed by atoms with E-state index in [0.29, 0.717) is 16.7 Å². The lowest BCUT2D eigenvalue weighted by molar-refractivity contribution is -0.122. The quantitative estimate of drug-likeness (QED) is 0.496. The summed E-state index contributed by atoms with van der Waals surface area (Å²) in [5.74, 6) is 5.79. The zero-order chi connectivity index (χ0) is 22.6. The molecule has 0 radical (unpaired) electrons. The van der Waals surface area contributed by atoms with Gasteiger partial charge in [-0.2, -0.15) is 0 Å². The predicted octanol–water partition coefficient (Wildman–Crippen LogP) is 6.59. The van der Waals surface area contributed by atoms with Crippen LogP contribution in [0.25, 0.3) is 0 Å². The third-order valence-corrected chi connectivity index (χ3v) is 10.7.